The number of alkyl halides is 6. The van der Waals surface area contributed by atoms with Gasteiger partial charge >= 0.3 is 18.4 Å². The topological polar surface area (TPSA) is 44.6 Å². The Hall–Kier alpha value is -3.68. The summed E-state index contributed by atoms with van der Waals surface area (Å²) in [7, 11) is 2.51. The third kappa shape index (κ3) is 6.00. The van der Waals surface area contributed by atoms with Crippen LogP contribution in [0, 0.1) is 5.82 Å². The van der Waals surface area contributed by atoms with Crippen LogP contribution in [0.15, 0.2) is 61.2 Å². The minimum absolute atomic E-state index is 0.00198. The van der Waals surface area contributed by atoms with Gasteiger partial charge < -0.3 is 9.80 Å². The third-order valence-electron chi connectivity index (χ3n) is 6.63. The van der Waals surface area contributed by atoms with E-state index in [1.54, 1.807) is 27.8 Å². The number of imidazole rings is 1. The molecule has 0 radical (unpaired) electrons. The Bertz CT molecular complexity index is 1310. The van der Waals surface area contributed by atoms with Crippen molar-refractivity contribution in [1.29, 1.82) is 0 Å². The first kappa shape index (κ1) is 28.3. The van der Waals surface area contributed by atoms with Gasteiger partial charge in [0.1, 0.15) is 12.1 Å². The van der Waals surface area contributed by atoms with E-state index < -0.39 is 53.0 Å². The lowest BCUT2D eigenvalue weighted by Crippen LogP contribution is -2.48. The van der Waals surface area contributed by atoms with Gasteiger partial charge in [-0.1, -0.05) is 12.1 Å². The molecule has 0 spiro atoms. The summed E-state index contributed by atoms with van der Waals surface area (Å²) in [5.41, 5.74) is -2.96. The van der Waals surface area contributed by atoms with Gasteiger partial charge in [-0.2, -0.15) is 26.3 Å². The quantitative estimate of drug-likeness (QED) is 0.292. The number of benzene rings is 2. The first-order valence-electron chi connectivity index (χ1n) is 11.5. The molecule has 0 saturated carbocycles. The van der Waals surface area contributed by atoms with Gasteiger partial charge in [-0.25, -0.2) is 14.2 Å². The molecule has 39 heavy (non-hydrogen) atoms. The van der Waals surface area contributed by atoms with Gasteiger partial charge in [-0.3, -0.25) is 9.47 Å². The molecule has 6 nitrogen and oxygen atoms in total. The van der Waals surface area contributed by atoms with E-state index in [4.69, 9.17) is 12.2 Å². The van der Waals surface area contributed by atoms with E-state index in [2.05, 4.69) is 4.98 Å². The molecule has 0 N–H and O–H groups in total. The van der Waals surface area contributed by atoms with Gasteiger partial charge in [0.15, 0.2) is 5.11 Å². The van der Waals surface area contributed by atoms with Crippen molar-refractivity contribution in [3.05, 3.63) is 83.7 Å². The number of hydrogen-bond donors (Lipinski definition) is 0. The van der Waals surface area contributed by atoms with E-state index >= 15 is 0 Å². The Labute approximate surface area is 224 Å². The van der Waals surface area contributed by atoms with Gasteiger partial charge in [0, 0.05) is 51.2 Å². The number of likely N-dealkylation sites (tertiary alicyclic amines) is 1. The highest BCUT2D eigenvalue weighted by atomic mass is 32.1. The number of halogens is 7. The molecule has 1 aliphatic heterocycles. The molecule has 0 aliphatic carbocycles. The summed E-state index contributed by atoms with van der Waals surface area (Å²) >= 11 is 5.55. The third-order valence-corrected chi connectivity index (χ3v) is 7.10. The molecule has 2 heterocycles. The second kappa shape index (κ2) is 10.5. The van der Waals surface area contributed by atoms with Gasteiger partial charge in [-0.05, 0) is 48.1 Å². The first-order chi connectivity index (χ1) is 18.2. The summed E-state index contributed by atoms with van der Waals surface area (Å²) in [5, 5.41) is 0.379. The Morgan fingerprint density at radius 3 is 2.08 bits per heavy atom. The fraction of sp³-hybridized carbons (Fsp3) is 0.320. The van der Waals surface area contributed by atoms with E-state index in [0.717, 1.165) is 11.9 Å². The second-order valence-corrected chi connectivity index (χ2v) is 9.46. The van der Waals surface area contributed by atoms with Gasteiger partial charge in [0.25, 0.3) is 0 Å². The molecule has 1 fully saturated rings. The minimum atomic E-state index is -5.06. The molecular weight excluding hydrogens is 551 g/mol. The van der Waals surface area contributed by atoms with Crippen LogP contribution in [0.1, 0.15) is 22.6 Å². The zero-order valence-electron chi connectivity index (χ0n) is 20.5. The van der Waals surface area contributed by atoms with Crippen molar-refractivity contribution in [3.63, 3.8) is 0 Å². The van der Waals surface area contributed by atoms with Crippen LogP contribution in [0.25, 0.3) is 0 Å². The molecule has 4 rings (SSSR count). The van der Waals surface area contributed by atoms with E-state index in [-0.39, 0.29) is 12.6 Å². The van der Waals surface area contributed by atoms with E-state index in [1.165, 1.54) is 36.6 Å². The lowest BCUT2D eigenvalue weighted by atomic mass is 9.93. The Morgan fingerprint density at radius 2 is 1.56 bits per heavy atom. The summed E-state index contributed by atoms with van der Waals surface area (Å²) in [5.74, 6) is -0.866. The van der Waals surface area contributed by atoms with Gasteiger partial charge in [0.2, 0.25) is 0 Å². The lowest BCUT2D eigenvalue weighted by molar-refractivity contribution is -0.143. The number of anilines is 1. The van der Waals surface area contributed by atoms with Crippen molar-refractivity contribution in [2.75, 3.05) is 32.1 Å². The Kier molecular flexibility index (Phi) is 7.61. The summed E-state index contributed by atoms with van der Waals surface area (Å²) in [4.78, 5) is 21.2. The van der Waals surface area contributed by atoms with Crippen LogP contribution in [-0.4, -0.2) is 63.7 Å². The zero-order valence-corrected chi connectivity index (χ0v) is 21.4. The fourth-order valence-corrected chi connectivity index (χ4v) is 4.79. The van der Waals surface area contributed by atoms with Crippen LogP contribution < -0.4 is 4.90 Å². The number of carbonyl (C=O) groups excluding carboxylic acids is 1. The van der Waals surface area contributed by atoms with Crippen LogP contribution in [0.3, 0.4) is 0 Å². The van der Waals surface area contributed by atoms with Crippen LogP contribution >= 0.6 is 12.2 Å². The second-order valence-electron chi connectivity index (χ2n) is 9.10. The highest BCUT2D eigenvalue weighted by Gasteiger charge is 2.41. The van der Waals surface area contributed by atoms with Crippen molar-refractivity contribution < 1.29 is 35.5 Å². The molecular formula is C25H22F7N5OS. The molecule has 2 aromatic carbocycles. The van der Waals surface area contributed by atoms with E-state index in [0.29, 0.717) is 29.4 Å². The Morgan fingerprint density at radius 1 is 0.974 bits per heavy atom. The number of nitrogens with zero attached hydrogens (tertiary/aromatic N) is 5. The van der Waals surface area contributed by atoms with Crippen molar-refractivity contribution in [3.8, 4) is 0 Å². The molecule has 1 aromatic heterocycles. The number of carbonyl (C=O) groups is 1. The Balaban J connectivity index is 1.66. The number of aromatic nitrogens is 2. The average molecular weight is 574 g/mol. The molecule has 2 atom stereocenters. The summed E-state index contributed by atoms with van der Waals surface area (Å²) < 4.78 is 95.4. The van der Waals surface area contributed by atoms with Crippen molar-refractivity contribution >= 4 is 29.0 Å². The summed E-state index contributed by atoms with van der Waals surface area (Å²) in [6.45, 7) is 0.516. The molecule has 14 heteroatoms. The van der Waals surface area contributed by atoms with Crippen LogP contribution in [0.4, 0.5) is 41.2 Å². The van der Waals surface area contributed by atoms with Crippen molar-refractivity contribution in [2.45, 2.75) is 24.3 Å². The molecule has 0 bridgehead atoms. The smallest absolute Gasteiger partial charge is 0.346 e. The lowest BCUT2D eigenvalue weighted by Gasteiger charge is -2.33. The average Bonchev–Trinajstić information content (AvgIpc) is 3.57. The van der Waals surface area contributed by atoms with Crippen molar-refractivity contribution in [1.82, 2.24) is 19.4 Å². The van der Waals surface area contributed by atoms with E-state index in [9.17, 15) is 35.5 Å². The molecule has 208 valence electrons. The van der Waals surface area contributed by atoms with Crippen molar-refractivity contribution in [2.24, 2.45) is 0 Å². The van der Waals surface area contributed by atoms with Crippen LogP contribution in [0.2, 0.25) is 0 Å². The maximum atomic E-state index is 13.6. The number of urea groups is 1. The van der Waals surface area contributed by atoms with Gasteiger partial charge in [0.05, 0.1) is 17.2 Å². The predicted octanol–water partition coefficient (Wildman–Crippen LogP) is 5.85. The number of thiocarbonyl (C=S) groups is 1. The maximum Gasteiger partial charge on any atom is 0.416 e. The minimum Gasteiger partial charge on any atom is -0.346 e. The highest BCUT2D eigenvalue weighted by Crippen LogP contribution is 2.39. The molecule has 1 aliphatic rings. The summed E-state index contributed by atoms with van der Waals surface area (Å²) in [6, 6.07) is 5.18. The van der Waals surface area contributed by atoms with Crippen LogP contribution in [0.5, 0.6) is 0 Å². The van der Waals surface area contributed by atoms with Gasteiger partial charge in [-0.15, -0.1) is 0 Å². The largest absolute Gasteiger partial charge is 0.416 e. The first-order valence-corrected chi connectivity index (χ1v) is 11.9. The summed E-state index contributed by atoms with van der Waals surface area (Å²) in [6.07, 6.45) is -5.46. The highest BCUT2D eigenvalue weighted by molar-refractivity contribution is 7.80. The molecule has 1 saturated heterocycles. The monoisotopic (exact) mass is 573 g/mol. The number of likely N-dealkylation sites (N-methyl/N-ethyl adjacent to an activating group) is 1. The zero-order chi connectivity index (χ0) is 28.7. The SMILES string of the molecule is CN(C(=O)N(C)[C@@H]1CN(C(=S)n2ccnc2)C[C@H]1c1ccc(F)cc1)c1cc(C(F)(F)F)cc(C(F)(F)F)c1. The fourth-order valence-electron chi connectivity index (χ4n) is 4.53. The van der Waals surface area contributed by atoms with E-state index in [1.807, 2.05) is 0 Å². The molecule has 0 unspecified atom stereocenters. The molecule has 3 aromatic rings. The molecule has 2 amide bonds. The number of hydrogen-bond acceptors (Lipinski definition) is 3. The number of amides is 2. The predicted molar refractivity (Wildman–Crippen MR) is 133 cm³/mol. The maximum absolute atomic E-state index is 13.6. The standard InChI is InChI=1S/C25H22F7N5OS/c1-34(19-10-16(24(27,28)29)9-17(11-19)25(30,31)32)22(38)35(2)21-13-37(23(39)36-8-7-33-14-36)12-20(21)15-3-5-18(26)6-4-15/h3-11,14,20-21H,12-13H2,1-2H3/t20-,21+/m0/s1. The normalized spacial score (nSPS) is 17.8. The number of rotatable bonds is 3. The van der Waals surface area contributed by atoms with Crippen LogP contribution in [-0.2, 0) is 12.4 Å².